The van der Waals surface area contributed by atoms with Gasteiger partial charge in [-0.05, 0) is 25.7 Å². The molecule has 1 saturated carbocycles. The molecule has 0 aromatic carbocycles. The molecule has 0 radical (unpaired) electrons. The molecule has 4 nitrogen and oxygen atoms in total. The monoisotopic (exact) mass is 206 g/mol. The van der Waals surface area contributed by atoms with Crippen LogP contribution in [0.2, 0.25) is 0 Å². The smallest absolute Gasteiger partial charge is 0.154 e. The highest BCUT2D eigenvalue weighted by molar-refractivity contribution is 5.08. The lowest BCUT2D eigenvalue weighted by Gasteiger charge is -2.21. The van der Waals surface area contributed by atoms with Crippen LogP contribution in [0.5, 0.6) is 0 Å². The van der Waals surface area contributed by atoms with Crippen molar-refractivity contribution in [3.8, 4) is 0 Å². The zero-order chi connectivity index (χ0) is 10.3. The first-order chi connectivity index (χ1) is 7.38. The number of hydrogen-bond acceptors (Lipinski definition) is 3. The van der Waals surface area contributed by atoms with Gasteiger partial charge in [-0.3, -0.25) is 0 Å². The van der Waals surface area contributed by atoms with Crippen LogP contribution in [0.4, 0.5) is 0 Å². The number of nitrogens with two attached hydrogens (primary N) is 1. The van der Waals surface area contributed by atoms with E-state index in [0.29, 0.717) is 18.4 Å². The van der Waals surface area contributed by atoms with E-state index in [2.05, 4.69) is 9.78 Å². The van der Waals surface area contributed by atoms with E-state index >= 15 is 0 Å². The maximum Gasteiger partial charge on any atom is 0.154 e. The Labute approximate surface area is 89.9 Å². The van der Waals surface area contributed by atoms with Gasteiger partial charge in [0.1, 0.15) is 5.82 Å². The Morgan fingerprint density at radius 2 is 2.13 bits per heavy atom. The highest BCUT2D eigenvalue weighted by Crippen LogP contribution is 2.36. The van der Waals surface area contributed by atoms with Gasteiger partial charge in [0, 0.05) is 24.9 Å². The highest BCUT2D eigenvalue weighted by Gasteiger charge is 2.28. The second-order valence-electron chi connectivity index (χ2n) is 4.75. The van der Waals surface area contributed by atoms with Crippen molar-refractivity contribution >= 4 is 0 Å². The first-order valence-electron chi connectivity index (χ1n) is 6.03. The summed E-state index contributed by atoms with van der Waals surface area (Å²) in [6, 6.07) is 0. The summed E-state index contributed by atoms with van der Waals surface area (Å²) >= 11 is 0. The third-order valence-electron chi connectivity index (χ3n) is 3.76. The highest BCUT2D eigenvalue weighted by atomic mass is 15.4. The molecule has 0 amide bonds. The summed E-state index contributed by atoms with van der Waals surface area (Å²) in [7, 11) is 0. The Bertz CT molecular complexity index is 353. The number of hydrogen-bond donors (Lipinski definition) is 1. The van der Waals surface area contributed by atoms with Gasteiger partial charge in [0.2, 0.25) is 0 Å². The Hall–Kier alpha value is -0.900. The third-order valence-corrected chi connectivity index (χ3v) is 3.76. The van der Waals surface area contributed by atoms with Crippen LogP contribution in [-0.2, 0) is 6.54 Å². The molecule has 3 rings (SSSR count). The first-order valence-corrected chi connectivity index (χ1v) is 6.03. The minimum absolute atomic E-state index is 0.445. The van der Waals surface area contributed by atoms with Crippen molar-refractivity contribution < 1.29 is 0 Å². The molecule has 82 valence electrons. The zero-order valence-corrected chi connectivity index (χ0v) is 9.02. The van der Waals surface area contributed by atoms with Crippen LogP contribution < -0.4 is 5.73 Å². The minimum Gasteiger partial charge on any atom is -0.330 e. The fraction of sp³-hybridized carbons (Fsp3) is 0.818. The molecule has 2 aliphatic rings. The van der Waals surface area contributed by atoms with E-state index in [1.165, 1.54) is 32.1 Å². The Balaban J connectivity index is 1.90. The average molecular weight is 206 g/mol. The quantitative estimate of drug-likeness (QED) is 0.795. The lowest BCUT2D eigenvalue weighted by atomic mass is 9.85. The maximum atomic E-state index is 5.77. The molecule has 2 heterocycles. The number of fused-ring (bicyclic) bond motifs is 1. The van der Waals surface area contributed by atoms with E-state index in [-0.39, 0.29) is 0 Å². The third kappa shape index (κ3) is 1.47. The minimum atomic E-state index is 0.445. The standard InChI is InChI=1S/C11H18N4/c12-7-9-5-2-6-15-11(9)13-10(14-15)8-3-1-4-8/h8-9H,1-7,12H2. The summed E-state index contributed by atoms with van der Waals surface area (Å²) in [6.07, 6.45) is 6.27. The molecule has 0 saturated heterocycles. The molecular weight excluding hydrogens is 188 g/mol. The number of rotatable bonds is 2. The molecule has 1 fully saturated rings. The van der Waals surface area contributed by atoms with Crippen molar-refractivity contribution in [3.05, 3.63) is 11.6 Å². The van der Waals surface area contributed by atoms with Crippen molar-refractivity contribution in [2.75, 3.05) is 6.54 Å². The maximum absolute atomic E-state index is 5.77. The summed E-state index contributed by atoms with van der Waals surface area (Å²) in [5.41, 5.74) is 5.77. The summed E-state index contributed by atoms with van der Waals surface area (Å²) in [5, 5.41) is 4.62. The molecule has 0 spiro atoms. The SMILES string of the molecule is NCC1CCCn2nc(C3CCC3)nc21. The molecule has 1 aliphatic heterocycles. The van der Waals surface area contributed by atoms with Crippen LogP contribution in [-0.4, -0.2) is 21.3 Å². The summed E-state index contributed by atoms with van der Waals surface area (Å²) in [5.74, 6) is 3.31. The van der Waals surface area contributed by atoms with Crippen molar-refractivity contribution in [2.45, 2.75) is 50.5 Å². The molecule has 1 aliphatic carbocycles. The van der Waals surface area contributed by atoms with Gasteiger partial charge in [-0.2, -0.15) is 5.10 Å². The van der Waals surface area contributed by atoms with Crippen LogP contribution in [0.15, 0.2) is 0 Å². The molecular formula is C11H18N4. The second kappa shape index (κ2) is 3.59. The molecule has 0 bridgehead atoms. The van der Waals surface area contributed by atoms with Gasteiger partial charge in [0.05, 0.1) is 0 Å². The van der Waals surface area contributed by atoms with Crippen LogP contribution in [0.3, 0.4) is 0 Å². The number of aryl methyl sites for hydroxylation is 1. The summed E-state index contributed by atoms with van der Waals surface area (Å²) < 4.78 is 2.09. The van der Waals surface area contributed by atoms with Gasteiger partial charge in [-0.1, -0.05) is 6.42 Å². The van der Waals surface area contributed by atoms with E-state index < -0.39 is 0 Å². The second-order valence-corrected chi connectivity index (χ2v) is 4.75. The lowest BCUT2D eigenvalue weighted by molar-refractivity contribution is 0.393. The topological polar surface area (TPSA) is 56.7 Å². The van der Waals surface area contributed by atoms with Crippen molar-refractivity contribution in [2.24, 2.45) is 5.73 Å². The molecule has 1 atom stereocenters. The predicted octanol–water partition coefficient (Wildman–Crippen LogP) is 1.38. The van der Waals surface area contributed by atoms with Gasteiger partial charge in [0.25, 0.3) is 0 Å². The van der Waals surface area contributed by atoms with Crippen LogP contribution in [0.1, 0.15) is 55.6 Å². The Kier molecular flexibility index (Phi) is 2.24. The first kappa shape index (κ1) is 9.33. The summed E-state index contributed by atoms with van der Waals surface area (Å²) in [4.78, 5) is 4.70. The van der Waals surface area contributed by atoms with Crippen molar-refractivity contribution in [1.29, 1.82) is 0 Å². The van der Waals surface area contributed by atoms with E-state index in [1.54, 1.807) is 0 Å². The molecule has 1 aromatic rings. The molecule has 2 N–H and O–H groups in total. The van der Waals surface area contributed by atoms with Crippen molar-refractivity contribution in [1.82, 2.24) is 14.8 Å². The number of aromatic nitrogens is 3. The fourth-order valence-corrected chi connectivity index (χ4v) is 2.52. The molecule has 1 aromatic heterocycles. The van der Waals surface area contributed by atoms with E-state index in [0.717, 1.165) is 18.2 Å². The fourth-order valence-electron chi connectivity index (χ4n) is 2.52. The largest absolute Gasteiger partial charge is 0.330 e. The van der Waals surface area contributed by atoms with E-state index in [4.69, 9.17) is 10.7 Å². The molecule has 1 unspecified atom stereocenters. The summed E-state index contributed by atoms with van der Waals surface area (Å²) in [6.45, 7) is 1.74. The molecule has 4 heteroatoms. The average Bonchev–Trinajstić information content (AvgIpc) is 2.57. The Morgan fingerprint density at radius 1 is 1.27 bits per heavy atom. The molecule has 15 heavy (non-hydrogen) atoms. The predicted molar refractivity (Wildman–Crippen MR) is 57.6 cm³/mol. The number of nitrogens with zero attached hydrogens (tertiary/aromatic N) is 3. The van der Waals surface area contributed by atoms with Gasteiger partial charge in [-0.25, -0.2) is 9.67 Å². The van der Waals surface area contributed by atoms with Crippen LogP contribution >= 0.6 is 0 Å². The lowest BCUT2D eigenvalue weighted by Crippen LogP contribution is -2.22. The normalized spacial score (nSPS) is 26.1. The van der Waals surface area contributed by atoms with Gasteiger partial charge >= 0.3 is 0 Å². The van der Waals surface area contributed by atoms with Crippen LogP contribution in [0.25, 0.3) is 0 Å². The van der Waals surface area contributed by atoms with Gasteiger partial charge < -0.3 is 5.73 Å². The Morgan fingerprint density at radius 3 is 2.80 bits per heavy atom. The van der Waals surface area contributed by atoms with E-state index in [1.807, 2.05) is 0 Å². The van der Waals surface area contributed by atoms with Gasteiger partial charge in [0.15, 0.2) is 5.82 Å². The van der Waals surface area contributed by atoms with Crippen molar-refractivity contribution in [3.63, 3.8) is 0 Å². The van der Waals surface area contributed by atoms with E-state index in [9.17, 15) is 0 Å². The van der Waals surface area contributed by atoms with Crippen LogP contribution in [0, 0.1) is 0 Å². The zero-order valence-electron chi connectivity index (χ0n) is 9.02. The van der Waals surface area contributed by atoms with Gasteiger partial charge in [-0.15, -0.1) is 0 Å².